The molecule has 1 heterocycles. The van der Waals surface area contributed by atoms with Crippen LogP contribution in [-0.2, 0) is 33.4 Å². The minimum atomic E-state index is -0.618. The molecule has 0 aromatic carbocycles. The molecule has 0 atom stereocenters. The topological polar surface area (TPSA) is 121 Å². The summed E-state index contributed by atoms with van der Waals surface area (Å²) in [7, 11) is 0. The van der Waals surface area contributed by atoms with Gasteiger partial charge in [-0.05, 0) is 75.2 Å². The van der Waals surface area contributed by atoms with Gasteiger partial charge in [-0.2, -0.15) is 0 Å². The predicted molar refractivity (Wildman–Crippen MR) is 188 cm³/mol. The molecule has 12 heteroatoms. The van der Waals surface area contributed by atoms with E-state index in [1.807, 2.05) is 77.0 Å². The van der Waals surface area contributed by atoms with Gasteiger partial charge in [-0.1, -0.05) is 12.8 Å². The fourth-order valence-electron chi connectivity index (χ4n) is 5.07. The lowest BCUT2D eigenvalue weighted by atomic mass is 10.1. The second-order valence-electron chi connectivity index (χ2n) is 15.6. The van der Waals surface area contributed by atoms with E-state index < -0.39 is 16.8 Å². The Hall–Kier alpha value is -2.72. The molecule has 0 spiro atoms. The summed E-state index contributed by atoms with van der Waals surface area (Å²) in [5, 5.41) is 3.04. The smallest absolute Gasteiger partial charge is 0.320 e. The van der Waals surface area contributed by atoms with Crippen molar-refractivity contribution >= 4 is 23.8 Å². The van der Waals surface area contributed by atoms with Crippen LogP contribution in [0.3, 0.4) is 0 Å². The van der Waals surface area contributed by atoms with E-state index in [0.717, 1.165) is 32.1 Å². The molecule has 1 saturated heterocycles. The molecule has 0 aromatic rings. The van der Waals surface area contributed by atoms with Crippen LogP contribution in [0.1, 0.15) is 94.4 Å². The molecule has 12 nitrogen and oxygen atoms in total. The molecule has 0 aromatic heterocycles. The fourth-order valence-corrected chi connectivity index (χ4v) is 5.07. The Labute approximate surface area is 290 Å². The molecular formula is C36H65N5O7. The van der Waals surface area contributed by atoms with Gasteiger partial charge in [-0.25, -0.2) is 0 Å². The molecule has 0 unspecified atom stereocenters. The highest BCUT2D eigenvalue weighted by Gasteiger charge is 2.26. The highest BCUT2D eigenvalue weighted by atomic mass is 16.6. The first-order chi connectivity index (χ1) is 22.2. The Bertz CT molecular complexity index is 993. The summed E-state index contributed by atoms with van der Waals surface area (Å²) >= 11 is 0. The molecule has 0 saturated carbocycles. The number of amides is 1. The molecule has 1 rings (SSSR count). The number of carbonyl (C=O) groups is 4. The molecule has 1 fully saturated rings. The van der Waals surface area contributed by atoms with Gasteiger partial charge in [0.05, 0.1) is 26.2 Å². The van der Waals surface area contributed by atoms with Crippen molar-refractivity contribution in [2.75, 3.05) is 85.1 Å². The number of hydrogen-bond acceptors (Lipinski definition) is 11. The Morgan fingerprint density at radius 1 is 0.542 bits per heavy atom. The lowest BCUT2D eigenvalue weighted by Gasteiger charge is -2.34. The van der Waals surface area contributed by atoms with Crippen molar-refractivity contribution in [2.45, 2.75) is 111 Å². The van der Waals surface area contributed by atoms with Crippen molar-refractivity contribution < 1.29 is 33.4 Å². The largest absolute Gasteiger partial charge is 0.459 e. The molecule has 276 valence electrons. The van der Waals surface area contributed by atoms with Crippen LogP contribution in [0.15, 0.2) is 0 Å². The fraction of sp³-hybridized carbons (Fsp3) is 0.833. The van der Waals surface area contributed by atoms with Crippen LogP contribution in [-0.4, -0.2) is 145 Å². The Morgan fingerprint density at radius 2 is 0.854 bits per heavy atom. The van der Waals surface area contributed by atoms with E-state index in [1.165, 1.54) is 0 Å². The first kappa shape index (κ1) is 43.3. The standard InChI is InChI=1S/C36H65N5O7/c1-11-12-13-14-15-16-17-37-30(42)26-38-18-20-39(27-31(43)46-34(2,3)4)22-24-41(29-33(45)48-36(8,9)10)25-23-40(21-19-38)28-32(44)47-35(5,6)7/h1H,12-29H2,2-10H3,(H,37,42). The van der Waals surface area contributed by atoms with Gasteiger partial charge < -0.3 is 19.5 Å². The maximum absolute atomic E-state index is 13.0. The molecule has 1 amide bonds. The van der Waals surface area contributed by atoms with E-state index >= 15 is 0 Å². The molecule has 1 N–H and O–H groups in total. The summed E-state index contributed by atoms with van der Waals surface area (Å²) < 4.78 is 16.8. The second kappa shape index (κ2) is 21.4. The van der Waals surface area contributed by atoms with E-state index in [4.69, 9.17) is 20.6 Å². The van der Waals surface area contributed by atoms with Gasteiger partial charge in [-0.3, -0.25) is 38.8 Å². The number of rotatable bonds is 14. The summed E-state index contributed by atoms with van der Waals surface area (Å²) in [4.78, 5) is 59.6. The van der Waals surface area contributed by atoms with Crippen molar-refractivity contribution in [2.24, 2.45) is 0 Å². The summed E-state index contributed by atoms with van der Waals surface area (Å²) in [5.74, 6) is 1.60. The van der Waals surface area contributed by atoms with Crippen LogP contribution in [0.5, 0.6) is 0 Å². The van der Waals surface area contributed by atoms with Gasteiger partial charge in [0, 0.05) is 65.3 Å². The molecule has 0 radical (unpaired) electrons. The molecule has 1 aliphatic rings. The average molecular weight is 680 g/mol. The lowest BCUT2D eigenvalue weighted by Crippen LogP contribution is -2.50. The SMILES string of the molecule is C#CCCCCCCNC(=O)CN1CCN(CC(=O)OC(C)(C)C)CCN(CC(=O)OC(C)(C)C)CCN(CC(=O)OC(C)(C)C)CC1. The van der Waals surface area contributed by atoms with Crippen molar-refractivity contribution in [3.8, 4) is 12.3 Å². The summed E-state index contributed by atoms with van der Waals surface area (Å²) in [6, 6.07) is 0. The maximum atomic E-state index is 13.0. The number of ether oxygens (including phenoxy) is 3. The molecule has 0 aliphatic carbocycles. The van der Waals surface area contributed by atoms with Gasteiger partial charge >= 0.3 is 17.9 Å². The van der Waals surface area contributed by atoms with E-state index in [9.17, 15) is 19.2 Å². The lowest BCUT2D eigenvalue weighted by molar-refractivity contribution is -0.158. The molecule has 1 aliphatic heterocycles. The van der Waals surface area contributed by atoms with Crippen LogP contribution >= 0.6 is 0 Å². The Morgan fingerprint density at radius 3 is 1.17 bits per heavy atom. The van der Waals surface area contributed by atoms with E-state index in [2.05, 4.69) is 16.1 Å². The van der Waals surface area contributed by atoms with Crippen molar-refractivity contribution in [3.05, 3.63) is 0 Å². The minimum absolute atomic E-state index is 0.0633. The zero-order chi connectivity index (χ0) is 36.4. The Balaban J connectivity index is 3.12. The zero-order valence-electron chi connectivity index (χ0n) is 31.5. The quantitative estimate of drug-likeness (QED) is 0.126. The monoisotopic (exact) mass is 679 g/mol. The van der Waals surface area contributed by atoms with Gasteiger partial charge in [0.1, 0.15) is 16.8 Å². The van der Waals surface area contributed by atoms with Crippen LogP contribution in [0.2, 0.25) is 0 Å². The third-order valence-corrected chi connectivity index (χ3v) is 7.19. The summed E-state index contributed by atoms with van der Waals surface area (Å²) in [5.41, 5.74) is -1.85. The Kier molecular flexibility index (Phi) is 19.3. The number of carbonyl (C=O) groups excluding carboxylic acids is 4. The van der Waals surface area contributed by atoms with E-state index in [-0.39, 0.29) is 50.0 Å². The van der Waals surface area contributed by atoms with E-state index in [1.54, 1.807) is 0 Å². The van der Waals surface area contributed by atoms with Gasteiger partial charge in [0.15, 0.2) is 0 Å². The van der Waals surface area contributed by atoms with Crippen LogP contribution in [0.4, 0.5) is 0 Å². The van der Waals surface area contributed by atoms with Crippen LogP contribution in [0, 0.1) is 12.3 Å². The third kappa shape index (κ3) is 23.6. The predicted octanol–water partition coefficient (Wildman–Crippen LogP) is 2.93. The number of hydrogen-bond donors (Lipinski definition) is 1. The summed E-state index contributed by atoms with van der Waals surface area (Å²) in [6.45, 7) is 21.6. The van der Waals surface area contributed by atoms with Gasteiger partial charge in [-0.15, -0.1) is 12.3 Å². The van der Waals surface area contributed by atoms with Gasteiger partial charge in [0.25, 0.3) is 0 Å². The molecular weight excluding hydrogens is 614 g/mol. The number of nitrogens with zero attached hydrogens (tertiary/aromatic N) is 4. The minimum Gasteiger partial charge on any atom is -0.459 e. The average Bonchev–Trinajstić information content (AvgIpc) is 2.90. The maximum Gasteiger partial charge on any atom is 0.320 e. The molecule has 48 heavy (non-hydrogen) atoms. The highest BCUT2D eigenvalue weighted by molar-refractivity contribution is 5.78. The second-order valence-corrected chi connectivity index (χ2v) is 15.6. The third-order valence-electron chi connectivity index (χ3n) is 7.19. The number of terminal acetylenes is 1. The van der Waals surface area contributed by atoms with Crippen LogP contribution in [0.25, 0.3) is 0 Å². The van der Waals surface area contributed by atoms with Crippen molar-refractivity contribution in [1.29, 1.82) is 0 Å². The van der Waals surface area contributed by atoms with Crippen LogP contribution < -0.4 is 5.32 Å². The van der Waals surface area contributed by atoms with Crippen molar-refractivity contribution in [3.63, 3.8) is 0 Å². The number of nitrogens with one attached hydrogen (secondary N) is 1. The molecule has 0 bridgehead atoms. The number of esters is 3. The zero-order valence-corrected chi connectivity index (χ0v) is 31.5. The normalized spacial score (nSPS) is 17.0. The first-order valence-electron chi connectivity index (χ1n) is 17.5. The first-order valence-corrected chi connectivity index (χ1v) is 17.5. The van der Waals surface area contributed by atoms with E-state index in [0.29, 0.717) is 58.9 Å². The van der Waals surface area contributed by atoms with Crippen molar-refractivity contribution in [1.82, 2.24) is 24.9 Å². The highest BCUT2D eigenvalue weighted by Crippen LogP contribution is 2.11. The number of unbranched alkanes of at least 4 members (excludes halogenated alkanes) is 4. The summed E-state index contributed by atoms with van der Waals surface area (Å²) in [6.07, 6.45) is 10.0. The van der Waals surface area contributed by atoms with Gasteiger partial charge in [0.2, 0.25) is 5.91 Å².